The minimum Gasteiger partial charge on any atom is -0.319 e. The van der Waals surface area contributed by atoms with Gasteiger partial charge >= 0.3 is 0 Å². The number of nitrogens with zero attached hydrogens (tertiary/aromatic N) is 3. The van der Waals surface area contributed by atoms with E-state index in [1.165, 1.54) is 18.0 Å². The van der Waals surface area contributed by atoms with Crippen molar-refractivity contribution in [1.82, 2.24) is 15.0 Å². The number of carbonyl (C=O) groups excluding carboxylic acids is 1. The van der Waals surface area contributed by atoms with Gasteiger partial charge < -0.3 is 5.32 Å². The van der Waals surface area contributed by atoms with Crippen LogP contribution in [0.3, 0.4) is 0 Å². The van der Waals surface area contributed by atoms with Crippen LogP contribution in [-0.2, 0) is 0 Å². The third kappa shape index (κ3) is 2.88. The number of fused-ring (bicyclic) bond motifs is 1. The Morgan fingerprint density at radius 2 is 2.05 bits per heavy atom. The summed E-state index contributed by atoms with van der Waals surface area (Å²) in [5, 5.41) is 4.45. The van der Waals surface area contributed by atoms with Crippen molar-refractivity contribution in [3.8, 4) is 0 Å². The van der Waals surface area contributed by atoms with Gasteiger partial charge in [-0.3, -0.25) is 9.78 Å². The minimum atomic E-state index is -0.388. The molecule has 0 bridgehead atoms. The van der Waals surface area contributed by atoms with Crippen LogP contribution in [0.1, 0.15) is 10.5 Å². The summed E-state index contributed by atoms with van der Waals surface area (Å²) < 4.78 is 0. The highest BCUT2D eigenvalue weighted by Crippen LogP contribution is 2.23. The first-order chi connectivity index (χ1) is 10.7. The van der Waals surface area contributed by atoms with Crippen molar-refractivity contribution in [2.24, 2.45) is 0 Å². The van der Waals surface area contributed by atoms with E-state index in [2.05, 4.69) is 20.3 Å². The molecule has 0 spiro atoms. The standard InChI is InChI=1S/C15H11ClN4OS/c1-22-15-18-8-10(16)13(20-15)14(21)19-11-6-2-4-9-5-3-7-17-12(9)11/h2-8H,1H3,(H,19,21). The Hall–Kier alpha value is -2.18. The first-order valence-electron chi connectivity index (χ1n) is 6.40. The molecule has 1 N–H and O–H groups in total. The molecule has 0 atom stereocenters. The number of thioether (sulfide) groups is 1. The van der Waals surface area contributed by atoms with Crippen LogP contribution in [0.4, 0.5) is 5.69 Å². The van der Waals surface area contributed by atoms with E-state index >= 15 is 0 Å². The Morgan fingerprint density at radius 3 is 2.86 bits per heavy atom. The topological polar surface area (TPSA) is 67.8 Å². The Morgan fingerprint density at radius 1 is 1.23 bits per heavy atom. The molecule has 1 amide bonds. The van der Waals surface area contributed by atoms with Gasteiger partial charge in [-0.1, -0.05) is 41.6 Å². The molecule has 0 aliphatic rings. The monoisotopic (exact) mass is 330 g/mol. The summed E-state index contributed by atoms with van der Waals surface area (Å²) in [6.07, 6.45) is 4.94. The first kappa shape index (κ1) is 14.7. The van der Waals surface area contributed by atoms with Gasteiger partial charge in [-0.15, -0.1) is 0 Å². The molecule has 2 aromatic heterocycles. The van der Waals surface area contributed by atoms with Gasteiger partial charge in [0.2, 0.25) is 0 Å². The summed E-state index contributed by atoms with van der Waals surface area (Å²) in [7, 11) is 0. The SMILES string of the molecule is CSc1ncc(Cl)c(C(=O)Nc2cccc3cccnc23)n1. The zero-order valence-electron chi connectivity index (χ0n) is 11.6. The van der Waals surface area contributed by atoms with Crippen molar-refractivity contribution < 1.29 is 4.79 Å². The van der Waals surface area contributed by atoms with E-state index in [9.17, 15) is 4.79 Å². The van der Waals surface area contributed by atoms with Gasteiger partial charge in [-0.2, -0.15) is 0 Å². The maximum Gasteiger partial charge on any atom is 0.276 e. The smallest absolute Gasteiger partial charge is 0.276 e. The van der Waals surface area contributed by atoms with Crippen molar-refractivity contribution in [3.05, 3.63) is 53.4 Å². The van der Waals surface area contributed by atoms with Gasteiger partial charge in [0.1, 0.15) is 0 Å². The van der Waals surface area contributed by atoms with E-state index in [1.807, 2.05) is 30.5 Å². The molecule has 0 saturated carbocycles. The maximum absolute atomic E-state index is 12.4. The van der Waals surface area contributed by atoms with Crippen molar-refractivity contribution in [2.45, 2.75) is 5.16 Å². The summed E-state index contributed by atoms with van der Waals surface area (Å²) in [4.78, 5) is 24.9. The molecule has 0 unspecified atom stereocenters. The molecule has 22 heavy (non-hydrogen) atoms. The van der Waals surface area contributed by atoms with E-state index < -0.39 is 0 Å². The highest BCUT2D eigenvalue weighted by Gasteiger charge is 2.15. The third-order valence-electron chi connectivity index (χ3n) is 3.00. The molecule has 0 radical (unpaired) electrons. The van der Waals surface area contributed by atoms with Crippen LogP contribution in [0.5, 0.6) is 0 Å². The molecule has 2 heterocycles. The van der Waals surface area contributed by atoms with Gasteiger partial charge in [0, 0.05) is 11.6 Å². The fourth-order valence-corrected chi connectivity index (χ4v) is 2.51. The molecule has 0 aliphatic heterocycles. The second-order valence-corrected chi connectivity index (χ2v) is 5.57. The van der Waals surface area contributed by atoms with Crippen LogP contribution in [0.15, 0.2) is 47.9 Å². The number of hydrogen-bond donors (Lipinski definition) is 1. The number of aromatic nitrogens is 3. The Kier molecular flexibility index (Phi) is 4.22. The molecule has 5 nitrogen and oxygen atoms in total. The van der Waals surface area contributed by atoms with E-state index in [-0.39, 0.29) is 16.6 Å². The van der Waals surface area contributed by atoms with Crippen molar-refractivity contribution in [1.29, 1.82) is 0 Å². The van der Waals surface area contributed by atoms with Gasteiger partial charge in [0.15, 0.2) is 10.9 Å². The van der Waals surface area contributed by atoms with Gasteiger partial charge in [0.05, 0.1) is 22.4 Å². The van der Waals surface area contributed by atoms with Crippen molar-refractivity contribution >= 4 is 45.9 Å². The zero-order valence-corrected chi connectivity index (χ0v) is 13.1. The lowest BCUT2D eigenvalue weighted by molar-refractivity contribution is 0.102. The average molecular weight is 331 g/mol. The number of amides is 1. The fourth-order valence-electron chi connectivity index (χ4n) is 2.00. The number of carbonyl (C=O) groups is 1. The lowest BCUT2D eigenvalue weighted by Crippen LogP contribution is -2.15. The molecule has 0 fully saturated rings. The summed E-state index contributed by atoms with van der Waals surface area (Å²) in [6, 6.07) is 9.36. The summed E-state index contributed by atoms with van der Waals surface area (Å²) in [5.74, 6) is -0.388. The van der Waals surface area contributed by atoms with Gasteiger partial charge in [0.25, 0.3) is 5.91 Å². The molecular weight excluding hydrogens is 320 g/mol. The Balaban J connectivity index is 1.97. The number of rotatable bonds is 3. The molecule has 110 valence electrons. The number of pyridine rings is 1. The number of benzene rings is 1. The van der Waals surface area contributed by atoms with Crippen LogP contribution >= 0.6 is 23.4 Å². The highest BCUT2D eigenvalue weighted by atomic mass is 35.5. The predicted octanol–water partition coefficient (Wildman–Crippen LogP) is 3.65. The van der Waals surface area contributed by atoms with Crippen LogP contribution in [-0.4, -0.2) is 27.1 Å². The number of nitrogens with one attached hydrogen (secondary N) is 1. The number of para-hydroxylation sites is 1. The Labute approximate surface area is 136 Å². The van der Waals surface area contributed by atoms with E-state index in [0.717, 1.165) is 5.39 Å². The molecule has 3 rings (SSSR count). The number of anilines is 1. The molecule has 1 aromatic carbocycles. The Bertz CT molecular complexity index is 851. The van der Waals surface area contributed by atoms with E-state index in [1.54, 1.807) is 12.3 Å². The quantitative estimate of drug-likeness (QED) is 0.586. The average Bonchev–Trinajstić information content (AvgIpc) is 2.55. The number of halogens is 1. The predicted molar refractivity (Wildman–Crippen MR) is 88.5 cm³/mol. The van der Waals surface area contributed by atoms with E-state index in [4.69, 9.17) is 11.6 Å². The first-order valence-corrected chi connectivity index (χ1v) is 8.01. The normalized spacial score (nSPS) is 10.6. The van der Waals surface area contributed by atoms with Crippen molar-refractivity contribution in [3.63, 3.8) is 0 Å². The summed E-state index contributed by atoms with van der Waals surface area (Å²) in [5.41, 5.74) is 1.48. The van der Waals surface area contributed by atoms with Crippen LogP contribution in [0.2, 0.25) is 5.02 Å². The molecule has 3 aromatic rings. The summed E-state index contributed by atoms with van der Waals surface area (Å²) in [6.45, 7) is 0. The lowest BCUT2D eigenvalue weighted by Gasteiger charge is -2.08. The molecular formula is C15H11ClN4OS. The van der Waals surface area contributed by atoms with Crippen LogP contribution in [0.25, 0.3) is 10.9 Å². The molecule has 7 heteroatoms. The fraction of sp³-hybridized carbons (Fsp3) is 0.0667. The largest absolute Gasteiger partial charge is 0.319 e. The number of hydrogen-bond acceptors (Lipinski definition) is 5. The second-order valence-electron chi connectivity index (χ2n) is 4.39. The maximum atomic E-state index is 12.4. The summed E-state index contributed by atoms with van der Waals surface area (Å²) >= 11 is 7.37. The van der Waals surface area contributed by atoms with Gasteiger partial charge in [-0.25, -0.2) is 9.97 Å². The zero-order chi connectivity index (χ0) is 15.5. The molecule has 0 aliphatic carbocycles. The van der Waals surface area contributed by atoms with Gasteiger partial charge in [-0.05, 0) is 18.4 Å². The van der Waals surface area contributed by atoms with E-state index in [0.29, 0.717) is 16.4 Å². The highest BCUT2D eigenvalue weighted by molar-refractivity contribution is 7.98. The third-order valence-corrected chi connectivity index (χ3v) is 3.84. The van der Waals surface area contributed by atoms with Crippen LogP contribution in [0, 0.1) is 0 Å². The minimum absolute atomic E-state index is 0.147. The second kappa shape index (κ2) is 6.29. The van der Waals surface area contributed by atoms with Crippen molar-refractivity contribution in [2.75, 3.05) is 11.6 Å². The molecule has 0 saturated heterocycles. The van der Waals surface area contributed by atoms with Crippen LogP contribution < -0.4 is 5.32 Å². The lowest BCUT2D eigenvalue weighted by atomic mass is 10.2.